The van der Waals surface area contributed by atoms with Crippen molar-refractivity contribution in [3.63, 3.8) is 0 Å². The highest BCUT2D eigenvalue weighted by Gasteiger charge is 2.40. The highest BCUT2D eigenvalue weighted by molar-refractivity contribution is 5.94. The Bertz CT molecular complexity index is 443. The summed E-state index contributed by atoms with van der Waals surface area (Å²) in [7, 11) is 0. The second-order valence-electron chi connectivity index (χ2n) is 4.82. The Labute approximate surface area is 106 Å². The average molecular weight is 250 g/mol. The Balaban J connectivity index is 2.16. The van der Waals surface area contributed by atoms with Crippen LogP contribution in [-0.2, 0) is 4.79 Å². The van der Waals surface area contributed by atoms with E-state index in [1.54, 1.807) is 11.1 Å². The van der Waals surface area contributed by atoms with Gasteiger partial charge >= 0.3 is 0 Å². The van der Waals surface area contributed by atoms with Crippen molar-refractivity contribution in [3.8, 4) is 0 Å². The van der Waals surface area contributed by atoms with E-state index in [9.17, 15) is 9.59 Å². The molecule has 1 saturated heterocycles. The number of primary amides is 1. The molecule has 6 nitrogen and oxygen atoms in total. The minimum Gasteiger partial charge on any atom is -0.369 e. The summed E-state index contributed by atoms with van der Waals surface area (Å²) in [6.45, 7) is 3.01. The molecule has 2 amide bonds. The van der Waals surface area contributed by atoms with Gasteiger partial charge < -0.3 is 10.6 Å². The lowest BCUT2D eigenvalue weighted by atomic mass is 9.77. The summed E-state index contributed by atoms with van der Waals surface area (Å²) in [6.07, 6.45) is 5.29. The predicted molar refractivity (Wildman–Crippen MR) is 65.6 cm³/mol. The molecule has 0 aliphatic carbocycles. The first-order valence-corrected chi connectivity index (χ1v) is 6.17. The van der Waals surface area contributed by atoms with Gasteiger partial charge in [-0.05, 0) is 19.3 Å². The number of nitrogens with zero attached hydrogens (tertiary/aromatic N) is 2. The van der Waals surface area contributed by atoms with E-state index in [0.717, 1.165) is 12.8 Å². The van der Waals surface area contributed by atoms with Crippen LogP contribution in [0, 0.1) is 5.41 Å². The van der Waals surface area contributed by atoms with Gasteiger partial charge in [-0.3, -0.25) is 14.7 Å². The zero-order chi connectivity index (χ0) is 13.2. The summed E-state index contributed by atoms with van der Waals surface area (Å²) >= 11 is 0. The normalized spacial score (nSPS) is 23.9. The third-order valence-corrected chi connectivity index (χ3v) is 3.81. The zero-order valence-electron chi connectivity index (χ0n) is 10.5. The number of hydrogen-bond donors (Lipinski definition) is 2. The van der Waals surface area contributed by atoms with E-state index in [-0.39, 0.29) is 11.8 Å². The molecular formula is C12H18N4O2. The third kappa shape index (κ3) is 2.10. The highest BCUT2D eigenvalue weighted by atomic mass is 16.2. The number of aromatic nitrogens is 2. The Hall–Kier alpha value is -1.85. The maximum atomic E-state index is 12.2. The molecule has 1 aromatic heterocycles. The molecular weight excluding hydrogens is 232 g/mol. The molecule has 3 N–H and O–H groups in total. The smallest absolute Gasteiger partial charge is 0.257 e. The van der Waals surface area contributed by atoms with Crippen LogP contribution in [0.4, 0.5) is 0 Å². The van der Waals surface area contributed by atoms with Crippen LogP contribution >= 0.6 is 0 Å². The number of carbonyl (C=O) groups excluding carboxylic acids is 2. The van der Waals surface area contributed by atoms with Crippen LogP contribution in [0.3, 0.4) is 0 Å². The van der Waals surface area contributed by atoms with Crippen LogP contribution < -0.4 is 5.73 Å². The second kappa shape index (κ2) is 4.80. The molecule has 0 unspecified atom stereocenters. The molecule has 2 rings (SSSR count). The van der Waals surface area contributed by atoms with Crippen molar-refractivity contribution >= 4 is 11.8 Å². The Kier molecular flexibility index (Phi) is 3.36. The summed E-state index contributed by atoms with van der Waals surface area (Å²) in [5, 5.41) is 6.38. The number of carbonyl (C=O) groups is 2. The lowest BCUT2D eigenvalue weighted by Crippen LogP contribution is -2.51. The zero-order valence-corrected chi connectivity index (χ0v) is 10.5. The molecule has 6 heteroatoms. The summed E-state index contributed by atoms with van der Waals surface area (Å²) in [6, 6.07) is 0. The van der Waals surface area contributed by atoms with Crippen LogP contribution in [0.5, 0.6) is 0 Å². The molecule has 1 aromatic rings. The fourth-order valence-electron chi connectivity index (χ4n) is 2.52. The van der Waals surface area contributed by atoms with Crippen LogP contribution in [0.25, 0.3) is 0 Å². The molecule has 98 valence electrons. The number of rotatable bonds is 3. The Morgan fingerprint density at radius 1 is 1.61 bits per heavy atom. The molecule has 0 saturated carbocycles. The summed E-state index contributed by atoms with van der Waals surface area (Å²) in [5.41, 5.74) is 5.45. The van der Waals surface area contributed by atoms with E-state index in [2.05, 4.69) is 10.2 Å². The number of likely N-dealkylation sites (tertiary alicyclic amines) is 1. The van der Waals surface area contributed by atoms with E-state index >= 15 is 0 Å². The SMILES string of the molecule is CC[C@]1(C(N)=O)CCCN(C(=O)c2cn[nH]c2)C1. The standard InChI is InChI=1S/C12H18N4O2/c1-2-12(11(13)18)4-3-5-16(8-12)10(17)9-6-14-15-7-9/h6-7H,2-5,8H2,1H3,(H2,13,18)(H,14,15)/t12-/m0/s1. The number of hydrogen-bond acceptors (Lipinski definition) is 3. The van der Waals surface area contributed by atoms with E-state index in [1.807, 2.05) is 6.92 Å². The van der Waals surface area contributed by atoms with Crippen LogP contribution in [-0.4, -0.2) is 40.0 Å². The fraction of sp³-hybridized carbons (Fsp3) is 0.583. The minimum absolute atomic E-state index is 0.0949. The first-order valence-electron chi connectivity index (χ1n) is 6.17. The number of nitrogens with one attached hydrogen (secondary N) is 1. The number of nitrogens with two attached hydrogens (primary N) is 1. The highest BCUT2D eigenvalue weighted by Crippen LogP contribution is 2.33. The maximum absolute atomic E-state index is 12.2. The van der Waals surface area contributed by atoms with E-state index in [1.165, 1.54) is 6.20 Å². The molecule has 1 fully saturated rings. The Morgan fingerprint density at radius 2 is 2.39 bits per heavy atom. The van der Waals surface area contributed by atoms with Gasteiger partial charge in [0.1, 0.15) is 0 Å². The first-order chi connectivity index (χ1) is 8.59. The predicted octanol–water partition coefficient (Wildman–Crippen LogP) is 0.527. The molecule has 2 heterocycles. The molecule has 1 atom stereocenters. The van der Waals surface area contributed by atoms with E-state index in [4.69, 9.17) is 5.73 Å². The molecule has 0 spiro atoms. The van der Waals surface area contributed by atoms with Gasteiger partial charge in [-0.1, -0.05) is 6.92 Å². The van der Waals surface area contributed by atoms with Gasteiger partial charge in [0.2, 0.25) is 5.91 Å². The quantitative estimate of drug-likeness (QED) is 0.819. The van der Waals surface area contributed by atoms with Crippen LogP contribution in [0.15, 0.2) is 12.4 Å². The second-order valence-corrected chi connectivity index (χ2v) is 4.82. The molecule has 0 radical (unpaired) electrons. The van der Waals surface area contributed by atoms with Crippen molar-refractivity contribution in [1.82, 2.24) is 15.1 Å². The van der Waals surface area contributed by atoms with Crippen molar-refractivity contribution < 1.29 is 9.59 Å². The van der Waals surface area contributed by atoms with Crippen molar-refractivity contribution in [3.05, 3.63) is 18.0 Å². The summed E-state index contributed by atoms with van der Waals surface area (Å²) < 4.78 is 0. The maximum Gasteiger partial charge on any atom is 0.257 e. The van der Waals surface area contributed by atoms with Gasteiger partial charge in [-0.25, -0.2) is 0 Å². The van der Waals surface area contributed by atoms with Crippen molar-refractivity contribution in [2.75, 3.05) is 13.1 Å². The summed E-state index contributed by atoms with van der Waals surface area (Å²) in [5.74, 6) is -0.405. The van der Waals surface area contributed by atoms with Gasteiger partial charge in [0.05, 0.1) is 17.2 Å². The minimum atomic E-state index is -0.572. The molecule has 0 bridgehead atoms. The lowest BCUT2D eigenvalue weighted by molar-refractivity contribution is -0.130. The van der Waals surface area contributed by atoms with Gasteiger partial charge in [0, 0.05) is 19.3 Å². The topological polar surface area (TPSA) is 92.1 Å². The van der Waals surface area contributed by atoms with Crippen molar-refractivity contribution in [2.45, 2.75) is 26.2 Å². The third-order valence-electron chi connectivity index (χ3n) is 3.81. The number of amides is 2. The van der Waals surface area contributed by atoms with Gasteiger partial charge in [-0.15, -0.1) is 0 Å². The Morgan fingerprint density at radius 3 is 2.94 bits per heavy atom. The number of H-pyrrole nitrogens is 1. The van der Waals surface area contributed by atoms with Gasteiger partial charge in [0.25, 0.3) is 5.91 Å². The van der Waals surface area contributed by atoms with E-state index < -0.39 is 5.41 Å². The first kappa shape index (κ1) is 12.6. The van der Waals surface area contributed by atoms with E-state index in [0.29, 0.717) is 25.1 Å². The van der Waals surface area contributed by atoms with Gasteiger partial charge in [0.15, 0.2) is 0 Å². The fourth-order valence-corrected chi connectivity index (χ4v) is 2.52. The monoisotopic (exact) mass is 250 g/mol. The average Bonchev–Trinajstić information content (AvgIpc) is 2.91. The molecule has 0 aromatic carbocycles. The van der Waals surface area contributed by atoms with Crippen LogP contribution in [0.2, 0.25) is 0 Å². The number of aromatic amines is 1. The molecule has 1 aliphatic heterocycles. The van der Waals surface area contributed by atoms with Gasteiger partial charge in [-0.2, -0.15) is 5.10 Å². The van der Waals surface area contributed by atoms with Crippen LogP contribution in [0.1, 0.15) is 36.5 Å². The summed E-state index contributed by atoms with van der Waals surface area (Å²) in [4.78, 5) is 25.5. The molecule has 18 heavy (non-hydrogen) atoms. The lowest BCUT2D eigenvalue weighted by Gasteiger charge is -2.40. The van der Waals surface area contributed by atoms with Crippen molar-refractivity contribution in [2.24, 2.45) is 11.1 Å². The molecule has 1 aliphatic rings. The number of piperidine rings is 1. The van der Waals surface area contributed by atoms with Crippen molar-refractivity contribution in [1.29, 1.82) is 0 Å². The largest absolute Gasteiger partial charge is 0.369 e.